The van der Waals surface area contributed by atoms with Crippen LogP contribution in [0, 0.1) is 0 Å². The van der Waals surface area contributed by atoms with Crippen LogP contribution in [0.15, 0.2) is 29.6 Å². The maximum Gasteiger partial charge on any atom is 0.220 e. The van der Waals surface area contributed by atoms with Crippen molar-refractivity contribution in [1.82, 2.24) is 9.97 Å². The highest BCUT2D eigenvalue weighted by atomic mass is 35.5. The van der Waals surface area contributed by atoms with Gasteiger partial charge in [0.2, 0.25) is 5.16 Å². The standard InChI is InChI=1S/C15H13Cl2N3OS/c1-20-8-10(13-11(16)4-3-5-12(13)17)6-9-7-18-15(22(2)21)19-14(9)20/h3-7H,8H2,1-2H3. The molecule has 1 atom stereocenters. The number of halogens is 2. The summed E-state index contributed by atoms with van der Waals surface area (Å²) in [5.74, 6) is 0.757. The van der Waals surface area contributed by atoms with Crippen LogP contribution >= 0.6 is 23.2 Å². The van der Waals surface area contributed by atoms with Gasteiger partial charge < -0.3 is 4.90 Å². The molecular formula is C15H13Cl2N3OS. The molecule has 0 bridgehead atoms. The zero-order valence-corrected chi connectivity index (χ0v) is 14.3. The van der Waals surface area contributed by atoms with Crippen LogP contribution in [0.1, 0.15) is 11.1 Å². The second-order valence-corrected chi connectivity index (χ2v) is 7.10. The van der Waals surface area contributed by atoms with E-state index in [9.17, 15) is 4.21 Å². The molecule has 0 N–H and O–H groups in total. The van der Waals surface area contributed by atoms with Crippen molar-refractivity contribution in [2.24, 2.45) is 0 Å². The van der Waals surface area contributed by atoms with Gasteiger partial charge in [0.25, 0.3) is 0 Å². The molecule has 1 unspecified atom stereocenters. The summed E-state index contributed by atoms with van der Waals surface area (Å²) in [6, 6.07) is 5.46. The Morgan fingerprint density at radius 3 is 2.59 bits per heavy atom. The highest BCUT2D eigenvalue weighted by molar-refractivity contribution is 7.84. The minimum Gasteiger partial charge on any atom is -0.355 e. The smallest absolute Gasteiger partial charge is 0.220 e. The first kappa shape index (κ1) is 15.5. The van der Waals surface area contributed by atoms with Crippen LogP contribution < -0.4 is 4.90 Å². The largest absolute Gasteiger partial charge is 0.355 e. The van der Waals surface area contributed by atoms with Crippen LogP contribution in [0.5, 0.6) is 0 Å². The van der Waals surface area contributed by atoms with Crippen molar-refractivity contribution in [3.05, 3.63) is 45.6 Å². The quantitative estimate of drug-likeness (QED) is 0.775. The zero-order chi connectivity index (χ0) is 15.9. The van der Waals surface area contributed by atoms with Gasteiger partial charge in [0.1, 0.15) is 5.82 Å². The Morgan fingerprint density at radius 1 is 1.27 bits per heavy atom. The van der Waals surface area contributed by atoms with Crippen LogP contribution in [0.2, 0.25) is 10.0 Å². The van der Waals surface area contributed by atoms with E-state index in [1.807, 2.05) is 36.2 Å². The lowest BCUT2D eigenvalue weighted by molar-refractivity contribution is 0.679. The zero-order valence-electron chi connectivity index (χ0n) is 12.0. The predicted molar refractivity (Wildman–Crippen MR) is 92.0 cm³/mol. The number of hydrogen-bond acceptors (Lipinski definition) is 4. The van der Waals surface area contributed by atoms with Crippen molar-refractivity contribution in [3.8, 4) is 0 Å². The fourth-order valence-electron chi connectivity index (χ4n) is 2.43. The Balaban J connectivity index is 2.12. The Labute approximate surface area is 141 Å². The molecule has 7 heteroatoms. The summed E-state index contributed by atoms with van der Waals surface area (Å²) in [5, 5.41) is 1.56. The number of nitrogens with zero attached hydrogens (tertiary/aromatic N) is 3. The highest BCUT2D eigenvalue weighted by Gasteiger charge is 2.21. The lowest BCUT2D eigenvalue weighted by Crippen LogP contribution is -2.25. The van der Waals surface area contributed by atoms with Gasteiger partial charge in [0, 0.05) is 47.2 Å². The van der Waals surface area contributed by atoms with Gasteiger partial charge >= 0.3 is 0 Å². The molecule has 0 amide bonds. The number of aromatic nitrogens is 2. The van der Waals surface area contributed by atoms with Gasteiger partial charge in [-0.2, -0.15) is 0 Å². The van der Waals surface area contributed by atoms with Crippen LogP contribution in [0.25, 0.3) is 11.6 Å². The second kappa shape index (κ2) is 5.99. The number of likely N-dealkylation sites (N-methyl/N-ethyl adjacent to an activating group) is 1. The Kier molecular flexibility index (Phi) is 4.21. The van der Waals surface area contributed by atoms with Gasteiger partial charge in [-0.1, -0.05) is 29.3 Å². The van der Waals surface area contributed by atoms with Gasteiger partial charge in [0.05, 0.1) is 10.8 Å². The monoisotopic (exact) mass is 353 g/mol. The minimum absolute atomic E-state index is 0.332. The fourth-order valence-corrected chi connectivity index (χ4v) is 3.49. The lowest BCUT2D eigenvalue weighted by Gasteiger charge is -2.27. The fraction of sp³-hybridized carbons (Fsp3) is 0.200. The first-order valence-electron chi connectivity index (χ1n) is 6.54. The molecule has 22 heavy (non-hydrogen) atoms. The maximum absolute atomic E-state index is 11.5. The molecule has 0 saturated carbocycles. The van der Waals surface area contributed by atoms with E-state index in [2.05, 4.69) is 9.97 Å². The molecule has 0 saturated heterocycles. The van der Waals surface area contributed by atoms with Gasteiger partial charge in [-0.05, 0) is 23.8 Å². The number of benzene rings is 1. The average molecular weight is 354 g/mol. The molecule has 0 aliphatic carbocycles. The predicted octanol–water partition coefficient (Wildman–Crippen LogP) is 3.51. The molecule has 0 radical (unpaired) electrons. The van der Waals surface area contributed by atoms with E-state index in [0.717, 1.165) is 22.5 Å². The van der Waals surface area contributed by atoms with Gasteiger partial charge in [-0.15, -0.1) is 0 Å². The molecule has 1 aliphatic rings. The van der Waals surface area contributed by atoms with Crippen molar-refractivity contribution in [2.75, 3.05) is 24.7 Å². The molecule has 0 fully saturated rings. The Morgan fingerprint density at radius 2 is 1.95 bits per heavy atom. The summed E-state index contributed by atoms with van der Waals surface area (Å²) in [7, 11) is 0.717. The summed E-state index contributed by atoms with van der Waals surface area (Å²) in [6.45, 7) is 0.614. The molecule has 2 heterocycles. The van der Waals surface area contributed by atoms with E-state index < -0.39 is 10.8 Å². The number of fused-ring (bicyclic) bond motifs is 1. The summed E-state index contributed by atoms with van der Waals surface area (Å²) < 4.78 is 11.5. The van der Waals surface area contributed by atoms with Crippen molar-refractivity contribution < 1.29 is 4.21 Å². The first-order valence-corrected chi connectivity index (χ1v) is 8.85. The van der Waals surface area contributed by atoms with Crippen LogP contribution in [-0.2, 0) is 10.8 Å². The van der Waals surface area contributed by atoms with Crippen LogP contribution in [0.4, 0.5) is 5.82 Å². The number of rotatable bonds is 2. The Hall–Kier alpha value is -1.43. The first-order chi connectivity index (χ1) is 10.5. The molecular weight excluding hydrogens is 341 g/mol. The average Bonchev–Trinajstić information content (AvgIpc) is 2.46. The van der Waals surface area contributed by atoms with E-state index in [0.29, 0.717) is 21.7 Å². The van der Waals surface area contributed by atoms with E-state index in [1.54, 1.807) is 12.5 Å². The van der Waals surface area contributed by atoms with Gasteiger partial charge in [-0.25, -0.2) is 9.97 Å². The SMILES string of the molecule is CN1CC(c2c(Cl)cccc2Cl)=Cc2cnc(S(C)=O)nc21. The van der Waals surface area contributed by atoms with Crippen molar-refractivity contribution in [1.29, 1.82) is 0 Å². The van der Waals surface area contributed by atoms with Crippen LogP contribution in [-0.4, -0.2) is 34.0 Å². The van der Waals surface area contributed by atoms with Crippen LogP contribution in [0.3, 0.4) is 0 Å². The molecule has 2 aromatic rings. The van der Waals surface area contributed by atoms with E-state index >= 15 is 0 Å². The molecule has 114 valence electrons. The van der Waals surface area contributed by atoms with E-state index in [4.69, 9.17) is 23.2 Å². The van der Waals surface area contributed by atoms with E-state index in [-0.39, 0.29) is 0 Å². The third-order valence-electron chi connectivity index (χ3n) is 3.41. The summed E-state index contributed by atoms with van der Waals surface area (Å²) in [4.78, 5) is 10.5. The third-order valence-corrected chi connectivity index (χ3v) is 4.75. The molecule has 1 aromatic carbocycles. The topological polar surface area (TPSA) is 46.1 Å². The number of anilines is 1. The summed E-state index contributed by atoms with van der Waals surface area (Å²) in [5.41, 5.74) is 2.68. The molecule has 4 nitrogen and oxygen atoms in total. The van der Waals surface area contributed by atoms with Crippen molar-refractivity contribution in [2.45, 2.75) is 5.16 Å². The summed E-state index contributed by atoms with van der Waals surface area (Å²) in [6.07, 6.45) is 5.22. The maximum atomic E-state index is 11.5. The molecule has 1 aliphatic heterocycles. The highest BCUT2D eigenvalue weighted by Crippen LogP contribution is 2.36. The Bertz CT molecular complexity index is 787. The van der Waals surface area contributed by atoms with E-state index in [1.165, 1.54) is 0 Å². The second-order valence-electron chi connectivity index (χ2n) is 5.01. The molecule has 1 aromatic heterocycles. The van der Waals surface area contributed by atoms with Crippen molar-refractivity contribution in [3.63, 3.8) is 0 Å². The summed E-state index contributed by atoms with van der Waals surface area (Å²) >= 11 is 12.6. The normalized spacial score (nSPS) is 15.3. The lowest BCUT2D eigenvalue weighted by atomic mass is 10.00. The van der Waals surface area contributed by atoms with Gasteiger partial charge in [0.15, 0.2) is 0 Å². The molecule has 3 rings (SSSR count). The molecule has 0 spiro atoms. The van der Waals surface area contributed by atoms with Gasteiger partial charge in [-0.3, -0.25) is 4.21 Å². The van der Waals surface area contributed by atoms with Crippen molar-refractivity contribution >= 4 is 51.5 Å². The number of hydrogen-bond donors (Lipinski definition) is 0. The third kappa shape index (κ3) is 2.76. The minimum atomic E-state index is -1.21.